The molecule has 2 N–H and O–H groups in total. The van der Waals surface area contributed by atoms with Gasteiger partial charge in [0.2, 0.25) is 0 Å². The zero-order valence-electron chi connectivity index (χ0n) is 12.3. The van der Waals surface area contributed by atoms with E-state index in [0.29, 0.717) is 12.1 Å². The van der Waals surface area contributed by atoms with Crippen molar-refractivity contribution in [3.05, 3.63) is 51.2 Å². The zero-order valence-corrected chi connectivity index (χ0v) is 13.1. The van der Waals surface area contributed by atoms with Crippen LogP contribution in [0.2, 0.25) is 0 Å². The van der Waals surface area contributed by atoms with Crippen molar-refractivity contribution in [2.24, 2.45) is 0 Å². The molecule has 0 radical (unpaired) electrons. The van der Waals surface area contributed by atoms with Crippen molar-refractivity contribution in [3.63, 3.8) is 0 Å². The van der Waals surface area contributed by atoms with E-state index in [1.165, 1.54) is 29.5 Å². The monoisotopic (exact) mass is 324 g/mol. The van der Waals surface area contributed by atoms with Gasteiger partial charge >= 0.3 is 5.97 Å². The van der Waals surface area contributed by atoms with Gasteiger partial charge in [-0.25, -0.2) is 9.37 Å². The van der Waals surface area contributed by atoms with Crippen LogP contribution in [0.5, 0.6) is 0 Å². The lowest BCUT2D eigenvalue weighted by Crippen LogP contribution is -2.30. The van der Waals surface area contributed by atoms with Gasteiger partial charge in [-0.1, -0.05) is 6.07 Å². The minimum absolute atomic E-state index is 0.0854. The molecule has 1 aromatic heterocycles. The third-order valence-corrected chi connectivity index (χ3v) is 4.23. The Labute approximate surface area is 131 Å². The summed E-state index contributed by atoms with van der Waals surface area (Å²) in [4.78, 5) is 17.6. The number of aryl methyl sites for hydroxylation is 1. The van der Waals surface area contributed by atoms with Crippen LogP contribution < -0.4 is 0 Å². The summed E-state index contributed by atoms with van der Waals surface area (Å²) in [5.74, 6) is -1.58. The summed E-state index contributed by atoms with van der Waals surface area (Å²) in [6.45, 7) is 1.78. The highest BCUT2D eigenvalue weighted by molar-refractivity contribution is 7.09. The van der Waals surface area contributed by atoms with Crippen LogP contribution in [-0.2, 0) is 17.9 Å². The first kappa shape index (κ1) is 16.5. The summed E-state index contributed by atoms with van der Waals surface area (Å²) < 4.78 is 13.5. The van der Waals surface area contributed by atoms with Crippen LogP contribution in [0.15, 0.2) is 23.6 Å². The second-order valence-electron chi connectivity index (χ2n) is 5.05. The molecule has 118 valence electrons. The van der Waals surface area contributed by atoms with Gasteiger partial charge in [0.05, 0.1) is 13.2 Å². The Balaban J connectivity index is 2.27. The second kappa shape index (κ2) is 6.95. The Hall–Kier alpha value is -1.83. The van der Waals surface area contributed by atoms with Gasteiger partial charge in [-0.15, -0.1) is 11.3 Å². The van der Waals surface area contributed by atoms with Crippen molar-refractivity contribution in [1.29, 1.82) is 0 Å². The van der Waals surface area contributed by atoms with Crippen molar-refractivity contribution < 1.29 is 19.4 Å². The van der Waals surface area contributed by atoms with Crippen LogP contribution in [-0.4, -0.2) is 33.1 Å². The minimum atomic E-state index is -1.04. The summed E-state index contributed by atoms with van der Waals surface area (Å²) in [5, 5.41) is 21.3. The molecular formula is C15H17FN2O3S. The molecule has 0 aliphatic carbocycles. The Morgan fingerprint density at radius 2 is 2.23 bits per heavy atom. The van der Waals surface area contributed by atoms with Gasteiger partial charge in [-0.05, 0) is 31.7 Å². The number of nitrogens with zero attached hydrogens (tertiary/aromatic N) is 2. The molecule has 2 aromatic rings. The van der Waals surface area contributed by atoms with E-state index < -0.39 is 24.4 Å². The molecule has 0 aliphatic rings. The first-order valence-corrected chi connectivity index (χ1v) is 7.53. The second-order valence-corrected chi connectivity index (χ2v) is 5.99. The molecule has 1 atom stereocenters. The zero-order chi connectivity index (χ0) is 16.3. The van der Waals surface area contributed by atoms with Gasteiger partial charge < -0.3 is 10.2 Å². The molecule has 7 heteroatoms. The van der Waals surface area contributed by atoms with Crippen LogP contribution in [0.1, 0.15) is 27.9 Å². The van der Waals surface area contributed by atoms with Crippen LogP contribution in [0.25, 0.3) is 0 Å². The summed E-state index contributed by atoms with van der Waals surface area (Å²) in [7, 11) is 1.68. The highest BCUT2D eigenvalue weighted by atomic mass is 32.1. The molecule has 0 fully saturated rings. The molecule has 0 bridgehead atoms. The quantitative estimate of drug-likeness (QED) is 0.853. The fourth-order valence-corrected chi connectivity index (χ4v) is 3.09. The highest BCUT2D eigenvalue weighted by Crippen LogP contribution is 2.24. The van der Waals surface area contributed by atoms with Crippen LogP contribution in [0.4, 0.5) is 4.39 Å². The molecule has 5 nitrogen and oxygen atoms in total. The molecule has 0 amide bonds. The Bertz CT molecular complexity index is 675. The number of hydrogen-bond donors (Lipinski definition) is 2. The van der Waals surface area contributed by atoms with Crippen LogP contribution >= 0.6 is 11.3 Å². The number of hydrogen-bond acceptors (Lipinski definition) is 5. The Morgan fingerprint density at radius 3 is 2.77 bits per heavy atom. The lowest BCUT2D eigenvalue weighted by Gasteiger charge is -2.24. The molecular weight excluding hydrogens is 307 g/mol. The van der Waals surface area contributed by atoms with Crippen molar-refractivity contribution >= 4 is 17.3 Å². The summed E-state index contributed by atoms with van der Waals surface area (Å²) in [6.07, 6.45) is 0. The van der Waals surface area contributed by atoms with Gasteiger partial charge in [-0.2, -0.15) is 0 Å². The van der Waals surface area contributed by atoms with E-state index in [9.17, 15) is 14.3 Å². The molecule has 0 saturated carbocycles. The maximum atomic E-state index is 13.5. The maximum absolute atomic E-state index is 13.5. The summed E-state index contributed by atoms with van der Waals surface area (Å²) >= 11 is 1.47. The predicted molar refractivity (Wildman–Crippen MR) is 81.0 cm³/mol. The minimum Gasteiger partial charge on any atom is -0.480 e. The topological polar surface area (TPSA) is 73.7 Å². The normalized spacial score (nSPS) is 12.6. The van der Waals surface area contributed by atoms with Crippen molar-refractivity contribution in [1.82, 2.24) is 9.88 Å². The van der Waals surface area contributed by atoms with Gasteiger partial charge in [0.25, 0.3) is 0 Å². The number of thiazole rings is 1. The van der Waals surface area contributed by atoms with Crippen molar-refractivity contribution in [3.8, 4) is 0 Å². The van der Waals surface area contributed by atoms with E-state index in [2.05, 4.69) is 4.98 Å². The van der Waals surface area contributed by atoms with Crippen molar-refractivity contribution in [2.45, 2.75) is 26.1 Å². The molecule has 1 aromatic carbocycles. The highest BCUT2D eigenvalue weighted by Gasteiger charge is 2.26. The maximum Gasteiger partial charge on any atom is 0.325 e. The molecule has 0 saturated heterocycles. The van der Waals surface area contributed by atoms with E-state index in [0.717, 1.165) is 10.7 Å². The SMILES string of the molecule is Cc1csc(CN(C)[C@@H](C(=O)O)c2ccc(F)c(CO)c2)n1. The smallest absolute Gasteiger partial charge is 0.325 e. The average molecular weight is 324 g/mol. The van der Waals surface area contributed by atoms with Crippen LogP contribution in [0, 0.1) is 12.7 Å². The number of benzene rings is 1. The molecule has 1 heterocycles. The molecule has 22 heavy (non-hydrogen) atoms. The lowest BCUT2D eigenvalue weighted by atomic mass is 10.0. The average Bonchev–Trinajstić information content (AvgIpc) is 2.85. The number of aliphatic carboxylic acids is 1. The van der Waals surface area contributed by atoms with Crippen LogP contribution in [0.3, 0.4) is 0 Å². The summed E-state index contributed by atoms with van der Waals surface area (Å²) in [5.41, 5.74) is 1.40. The number of aromatic nitrogens is 1. The fraction of sp³-hybridized carbons (Fsp3) is 0.333. The number of aliphatic hydroxyl groups excluding tert-OH is 1. The van der Waals surface area contributed by atoms with Gasteiger partial charge in [0.15, 0.2) is 0 Å². The molecule has 0 spiro atoms. The predicted octanol–water partition coefficient (Wildman–Crippen LogP) is 2.34. The largest absolute Gasteiger partial charge is 0.480 e. The number of carbonyl (C=O) groups is 1. The van der Waals surface area contributed by atoms with Gasteiger partial charge in [-0.3, -0.25) is 9.69 Å². The van der Waals surface area contributed by atoms with Gasteiger partial charge in [0.1, 0.15) is 16.9 Å². The number of carboxylic acids is 1. The van der Waals surface area contributed by atoms with E-state index in [-0.39, 0.29) is 5.56 Å². The molecule has 2 rings (SSSR count). The summed E-state index contributed by atoms with van der Waals surface area (Å²) in [6, 6.07) is 3.06. The molecule has 0 aliphatic heterocycles. The van der Waals surface area contributed by atoms with E-state index in [4.69, 9.17) is 5.11 Å². The van der Waals surface area contributed by atoms with E-state index >= 15 is 0 Å². The third kappa shape index (κ3) is 3.68. The van der Waals surface area contributed by atoms with E-state index in [1.807, 2.05) is 12.3 Å². The number of aliphatic hydroxyl groups is 1. The van der Waals surface area contributed by atoms with Gasteiger partial charge in [0, 0.05) is 16.6 Å². The van der Waals surface area contributed by atoms with E-state index in [1.54, 1.807) is 11.9 Å². The third-order valence-electron chi connectivity index (χ3n) is 3.28. The first-order valence-electron chi connectivity index (χ1n) is 6.65. The van der Waals surface area contributed by atoms with Crippen molar-refractivity contribution in [2.75, 3.05) is 7.05 Å². The number of rotatable bonds is 6. The number of carboxylic acid groups (broad SMARTS) is 1. The first-order chi connectivity index (χ1) is 10.4. The Morgan fingerprint density at radius 1 is 1.50 bits per heavy atom. The number of halogens is 1. The standard InChI is InChI=1S/C15H17FN2O3S/c1-9-8-22-13(17-9)6-18(2)14(15(20)21)10-3-4-12(16)11(5-10)7-19/h3-5,8,14,19H,6-7H2,1-2H3,(H,20,21)/t14-/m1/s1. The molecule has 0 unspecified atom stereocenters. The number of likely N-dealkylation sites (N-methyl/N-ethyl adjacent to an activating group) is 1. The lowest BCUT2D eigenvalue weighted by molar-refractivity contribution is -0.143. The Kier molecular flexibility index (Phi) is 5.23. The fourth-order valence-electron chi connectivity index (χ4n) is 2.25.